The molecule has 2 nitrogen and oxygen atoms in total. The molecule has 3 heteroatoms. The van der Waals surface area contributed by atoms with Gasteiger partial charge in [-0.2, -0.15) is 0 Å². The van der Waals surface area contributed by atoms with Gasteiger partial charge in [-0.1, -0.05) is 50.7 Å². The number of rotatable bonds is 6. The molecule has 0 amide bonds. The summed E-state index contributed by atoms with van der Waals surface area (Å²) in [5.41, 5.74) is 9.32. The minimum Gasteiger partial charge on any atom is -0.493 e. The Bertz CT molecular complexity index is 454. The summed E-state index contributed by atoms with van der Waals surface area (Å²) in [5.74, 6) is 1.81. The number of hydrogen-bond acceptors (Lipinski definition) is 2. The van der Waals surface area contributed by atoms with Crippen molar-refractivity contribution < 1.29 is 4.74 Å². The number of aryl methyl sites for hydroxylation is 2. The molecule has 106 valence electrons. The minimum absolute atomic E-state index is 0.290. The maximum Gasteiger partial charge on any atom is 0.125 e. The van der Waals surface area contributed by atoms with Crippen LogP contribution in [0.4, 0.5) is 0 Å². The lowest BCUT2D eigenvalue weighted by molar-refractivity contribution is 0.266. The standard InChI is InChI=1S/C16H25NOS/c1-10(2)9-18-16-13(5)6-11(3)7-14(16)12(4)8-15(17)19/h6-7,10,12H,8-9H2,1-5H3,(H2,17,19). The van der Waals surface area contributed by atoms with Crippen LogP contribution >= 0.6 is 12.2 Å². The molecule has 0 radical (unpaired) electrons. The molecule has 0 heterocycles. The fourth-order valence-electron chi connectivity index (χ4n) is 2.21. The molecule has 1 aromatic carbocycles. The second kappa shape index (κ2) is 6.90. The third-order valence-electron chi connectivity index (χ3n) is 3.05. The van der Waals surface area contributed by atoms with Crippen molar-refractivity contribution in [1.82, 2.24) is 0 Å². The molecule has 0 fully saturated rings. The summed E-state index contributed by atoms with van der Waals surface area (Å²) in [6.45, 7) is 11.4. The van der Waals surface area contributed by atoms with Gasteiger partial charge < -0.3 is 10.5 Å². The normalized spacial score (nSPS) is 12.5. The van der Waals surface area contributed by atoms with E-state index in [0.717, 1.165) is 18.8 Å². The van der Waals surface area contributed by atoms with Crippen molar-refractivity contribution in [2.45, 2.75) is 47.0 Å². The third-order valence-corrected chi connectivity index (χ3v) is 3.21. The number of benzene rings is 1. The summed E-state index contributed by atoms with van der Waals surface area (Å²) in [6.07, 6.45) is 0.719. The molecule has 1 rings (SSSR count). The lowest BCUT2D eigenvalue weighted by atomic mass is 9.93. The zero-order valence-electron chi connectivity index (χ0n) is 12.6. The first-order valence-corrected chi connectivity index (χ1v) is 7.24. The molecule has 0 aromatic heterocycles. The quantitative estimate of drug-likeness (QED) is 0.796. The van der Waals surface area contributed by atoms with Crippen molar-refractivity contribution in [2.75, 3.05) is 6.61 Å². The van der Waals surface area contributed by atoms with Gasteiger partial charge in [-0.15, -0.1) is 0 Å². The first-order chi connectivity index (χ1) is 8.81. The van der Waals surface area contributed by atoms with Gasteiger partial charge in [-0.05, 0) is 36.8 Å². The fourth-order valence-corrected chi connectivity index (χ4v) is 2.46. The Morgan fingerprint density at radius 1 is 1.26 bits per heavy atom. The van der Waals surface area contributed by atoms with E-state index in [-0.39, 0.29) is 0 Å². The van der Waals surface area contributed by atoms with Gasteiger partial charge in [0.25, 0.3) is 0 Å². The predicted molar refractivity (Wildman–Crippen MR) is 86.1 cm³/mol. The van der Waals surface area contributed by atoms with Crippen molar-refractivity contribution in [3.8, 4) is 5.75 Å². The van der Waals surface area contributed by atoms with Gasteiger partial charge in [0.05, 0.1) is 11.6 Å². The van der Waals surface area contributed by atoms with Crippen LogP contribution < -0.4 is 10.5 Å². The number of thiocarbonyl (C=S) groups is 1. The summed E-state index contributed by atoms with van der Waals surface area (Å²) in [7, 11) is 0. The van der Waals surface area contributed by atoms with Crippen molar-refractivity contribution in [3.05, 3.63) is 28.8 Å². The first-order valence-electron chi connectivity index (χ1n) is 6.83. The minimum atomic E-state index is 0.290. The summed E-state index contributed by atoms with van der Waals surface area (Å²) < 4.78 is 6.00. The van der Waals surface area contributed by atoms with Crippen molar-refractivity contribution in [2.24, 2.45) is 11.7 Å². The molecule has 0 saturated heterocycles. The molecule has 2 N–H and O–H groups in total. The van der Waals surface area contributed by atoms with Crippen LogP contribution in [0.5, 0.6) is 5.75 Å². The second-order valence-electron chi connectivity index (χ2n) is 5.78. The average molecular weight is 279 g/mol. The summed E-state index contributed by atoms with van der Waals surface area (Å²) in [4.78, 5) is 0.557. The van der Waals surface area contributed by atoms with Crippen LogP contribution in [-0.4, -0.2) is 11.6 Å². The van der Waals surface area contributed by atoms with E-state index in [9.17, 15) is 0 Å². The second-order valence-corrected chi connectivity index (χ2v) is 6.30. The number of ether oxygens (including phenoxy) is 1. The lowest BCUT2D eigenvalue weighted by Crippen LogP contribution is -2.14. The Balaban J connectivity index is 3.08. The van der Waals surface area contributed by atoms with Gasteiger partial charge in [0.15, 0.2) is 0 Å². The summed E-state index contributed by atoms with van der Waals surface area (Å²) in [6, 6.07) is 4.35. The highest BCUT2D eigenvalue weighted by Crippen LogP contribution is 2.33. The van der Waals surface area contributed by atoms with E-state index >= 15 is 0 Å². The highest BCUT2D eigenvalue weighted by Gasteiger charge is 2.16. The van der Waals surface area contributed by atoms with E-state index in [1.54, 1.807) is 0 Å². The molecule has 0 aliphatic carbocycles. The van der Waals surface area contributed by atoms with Crippen molar-refractivity contribution in [3.63, 3.8) is 0 Å². The van der Waals surface area contributed by atoms with Crippen molar-refractivity contribution >= 4 is 17.2 Å². The van der Waals surface area contributed by atoms with Crippen LogP contribution in [0.15, 0.2) is 12.1 Å². The smallest absolute Gasteiger partial charge is 0.125 e. The van der Waals surface area contributed by atoms with Gasteiger partial charge in [-0.25, -0.2) is 0 Å². The molecule has 0 spiro atoms. The Labute approximate surface area is 122 Å². The van der Waals surface area contributed by atoms with Crippen molar-refractivity contribution in [1.29, 1.82) is 0 Å². The van der Waals surface area contributed by atoms with Gasteiger partial charge >= 0.3 is 0 Å². The highest BCUT2D eigenvalue weighted by atomic mass is 32.1. The predicted octanol–water partition coefficient (Wildman–Crippen LogP) is 4.12. The van der Waals surface area contributed by atoms with E-state index in [0.29, 0.717) is 16.8 Å². The van der Waals surface area contributed by atoms with Gasteiger partial charge in [0, 0.05) is 6.42 Å². The maximum absolute atomic E-state index is 6.00. The fraction of sp³-hybridized carbons (Fsp3) is 0.562. The van der Waals surface area contributed by atoms with E-state index in [1.165, 1.54) is 16.7 Å². The van der Waals surface area contributed by atoms with E-state index in [1.807, 2.05) is 0 Å². The topological polar surface area (TPSA) is 35.2 Å². The lowest BCUT2D eigenvalue weighted by Gasteiger charge is -2.20. The van der Waals surface area contributed by atoms with E-state index in [2.05, 4.69) is 46.8 Å². The first kappa shape index (κ1) is 16.0. The van der Waals surface area contributed by atoms with Crippen LogP contribution in [0.3, 0.4) is 0 Å². The largest absolute Gasteiger partial charge is 0.493 e. The summed E-state index contributed by atoms with van der Waals surface area (Å²) >= 11 is 5.02. The SMILES string of the molecule is Cc1cc(C)c(OCC(C)C)c(C(C)CC(N)=S)c1. The van der Waals surface area contributed by atoms with Gasteiger partial charge in [-0.3, -0.25) is 0 Å². The molecule has 0 aliphatic heterocycles. The van der Waals surface area contributed by atoms with E-state index < -0.39 is 0 Å². The Kier molecular flexibility index (Phi) is 5.80. The molecule has 0 aliphatic rings. The molecule has 0 saturated carbocycles. The Morgan fingerprint density at radius 3 is 2.42 bits per heavy atom. The molecular weight excluding hydrogens is 254 g/mol. The van der Waals surface area contributed by atoms with Crippen LogP contribution in [0.2, 0.25) is 0 Å². The molecule has 19 heavy (non-hydrogen) atoms. The number of nitrogens with two attached hydrogens (primary N) is 1. The van der Waals surface area contributed by atoms with Crippen LogP contribution in [-0.2, 0) is 0 Å². The highest BCUT2D eigenvalue weighted by molar-refractivity contribution is 7.80. The zero-order chi connectivity index (χ0) is 14.6. The molecule has 1 atom stereocenters. The molecule has 0 bridgehead atoms. The summed E-state index contributed by atoms with van der Waals surface area (Å²) in [5, 5.41) is 0. The van der Waals surface area contributed by atoms with Gasteiger partial charge in [0.2, 0.25) is 0 Å². The van der Waals surface area contributed by atoms with Crippen LogP contribution in [0.1, 0.15) is 49.8 Å². The average Bonchev–Trinajstić information content (AvgIpc) is 2.25. The monoisotopic (exact) mass is 279 g/mol. The molecule has 1 aromatic rings. The number of hydrogen-bond donors (Lipinski definition) is 1. The van der Waals surface area contributed by atoms with Crippen LogP contribution in [0.25, 0.3) is 0 Å². The molecule has 1 unspecified atom stereocenters. The Hall–Kier alpha value is -1.09. The van der Waals surface area contributed by atoms with Crippen LogP contribution in [0, 0.1) is 19.8 Å². The third kappa shape index (κ3) is 4.83. The zero-order valence-corrected chi connectivity index (χ0v) is 13.4. The van der Waals surface area contributed by atoms with Gasteiger partial charge in [0.1, 0.15) is 5.75 Å². The maximum atomic E-state index is 6.00. The van der Waals surface area contributed by atoms with E-state index in [4.69, 9.17) is 22.7 Å². The Morgan fingerprint density at radius 2 is 1.89 bits per heavy atom. The molecular formula is C16H25NOS.